The maximum atomic E-state index is 5.61. The zero-order valence-corrected chi connectivity index (χ0v) is 10.5. The highest BCUT2D eigenvalue weighted by molar-refractivity contribution is 4.93. The minimum atomic E-state index is 0.173. The highest BCUT2D eigenvalue weighted by atomic mass is 16.5. The van der Waals surface area contributed by atoms with Gasteiger partial charge >= 0.3 is 0 Å². The first-order valence-electron chi connectivity index (χ1n) is 6.37. The fourth-order valence-electron chi connectivity index (χ4n) is 2.39. The van der Waals surface area contributed by atoms with E-state index in [4.69, 9.17) is 9.47 Å². The lowest BCUT2D eigenvalue weighted by Gasteiger charge is -2.32. The molecule has 2 heterocycles. The first kappa shape index (κ1) is 12.3. The van der Waals surface area contributed by atoms with Gasteiger partial charge in [-0.1, -0.05) is 0 Å². The van der Waals surface area contributed by atoms with Crippen molar-refractivity contribution in [1.82, 2.24) is 10.2 Å². The molecule has 2 fully saturated rings. The fraction of sp³-hybridized carbons (Fsp3) is 1.00. The minimum absolute atomic E-state index is 0.173. The molecule has 0 amide bonds. The number of morpholine rings is 1. The van der Waals surface area contributed by atoms with Crippen LogP contribution < -0.4 is 5.32 Å². The molecule has 0 aromatic carbocycles. The van der Waals surface area contributed by atoms with E-state index in [1.54, 1.807) is 0 Å². The summed E-state index contributed by atoms with van der Waals surface area (Å²) in [5.41, 5.74) is 0.173. The molecular formula is C12H24N2O2. The number of hydrogen-bond donors (Lipinski definition) is 1. The van der Waals surface area contributed by atoms with E-state index in [0.29, 0.717) is 6.10 Å². The molecule has 4 heteroatoms. The van der Waals surface area contributed by atoms with Crippen LogP contribution in [0.5, 0.6) is 0 Å². The van der Waals surface area contributed by atoms with Gasteiger partial charge < -0.3 is 14.8 Å². The van der Waals surface area contributed by atoms with Gasteiger partial charge in [0, 0.05) is 38.3 Å². The molecule has 2 rings (SSSR count). The zero-order chi connectivity index (χ0) is 11.4. The minimum Gasteiger partial charge on any atom is -0.379 e. The summed E-state index contributed by atoms with van der Waals surface area (Å²) in [7, 11) is 0. The third-order valence-corrected chi connectivity index (χ3v) is 3.95. The van der Waals surface area contributed by atoms with Gasteiger partial charge in [0.1, 0.15) is 0 Å². The second-order valence-electron chi connectivity index (χ2n) is 5.06. The Balaban J connectivity index is 1.66. The molecule has 0 saturated carbocycles. The Hall–Kier alpha value is -0.160. The Morgan fingerprint density at radius 1 is 1.31 bits per heavy atom. The van der Waals surface area contributed by atoms with Crippen molar-refractivity contribution in [3.8, 4) is 0 Å². The van der Waals surface area contributed by atoms with Crippen molar-refractivity contribution >= 4 is 0 Å². The molecule has 2 aliphatic heterocycles. The molecular weight excluding hydrogens is 204 g/mol. The van der Waals surface area contributed by atoms with Gasteiger partial charge in [-0.25, -0.2) is 0 Å². The van der Waals surface area contributed by atoms with Crippen LogP contribution in [0.3, 0.4) is 0 Å². The normalized spacial score (nSPS) is 36.8. The van der Waals surface area contributed by atoms with Crippen LogP contribution in [0.4, 0.5) is 0 Å². The number of rotatable bonds is 4. The molecule has 0 aliphatic carbocycles. The maximum absolute atomic E-state index is 5.61. The smallest absolute Gasteiger partial charge is 0.0726 e. The van der Waals surface area contributed by atoms with Crippen molar-refractivity contribution in [2.24, 2.45) is 0 Å². The lowest BCUT2D eigenvalue weighted by atomic mass is 9.95. The first-order chi connectivity index (χ1) is 7.71. The molecule has 2 aliphatic rings. The lowest BCUT2D eigenvalue weighted by molar-refractivity contribution is 0.0360. The predicted octanol–water partition coefficient (Wildman–Crippen LogP) is 0.476. The SMILES string of the molecule is CC1OCCC1(C)NCCN1CCOCC1. The second kappa shape index (κ2) is 5.45. The summed E-state index contributed by atoms with van der Waals surface area (Å²) in [4.78, 5) is 2.46. The van der Waals surface area contributed by atoms with E-state index >= 15 is 0 Å². The molecule has 0 spiro atoms. The van der Waals surface area contributed by atoms with Crippen molar-refractivity contribution in [3.05, 3.63) is 0 Å². The van der Waals surface area contributed by atoms with E-state index in [2.05, 4.69) is 24.1 Å². The Morgan fingerprint density at radius 2 is 2.06 bits per heavy atom. The van der Waals surface area contributed by atoms with Crippen LogP contribution in [-0.4, -0.2) is 62.5 Å². The topological polar surface area (TPSA) is 33.7 Å². The van der Waals surface area contributed by atoms with Gasteiger partial charge in [0.25, 0.3) is 0 Å². The molecule has 1 N–H and O–H groups in total. The van der Waals surface area contributed by atoms with Crippen LogP contribution in [0, 0.1) is 0 Å². The van der Waals surface area contributed by atoms with Crippen LogP contribution >= 0.6 is 0 Å². The van der Waals surface area contributed by atoms with Crippen molar-refractivity contribution in [2.75, 3.05) is 46.0 Å². The van der Waals surface area contributed by atoms with Crippen molar-refractivity contribution in [3.63, 3.8) is 0 Å². The summed E-state index contributed by atoms with van der Waals surface area (Å²) in [5, 5.41) is 3.65. The summed E-state index contributed by atoms with van der Waals surface area (Å²) >= 11 is 0. The van der Waals surface area contributed by atoms with Crippen LogP contribution in [0.1, 0.15) is 20.3 Å². The lowest BCUT2D eigenvalue weighted by Crippen LogP contribution is -2.51. The fourth-order valence-corrected chi connectivity index (χ4v) is 2.39. The van der Waals surface area contributed by atoms with Crippen LogP contribution in [0.2, 0.25) is 0 Å². The number of hydrogen-bond acceptors (Lipinski definition) is 4. The first-order valence-corrected chi connectivity index (χ1v) is 6.37. The van der Waals surface area contributed by atoms with Gasteiger partial charge in [0.15, 0.2) is 0 Å². The third-order valence-electron chi connectivity index (χ3n) is 3.95. The summed E-state index contributed by atoms with van der Waals surface area (Å²) in [6, 6.07) is 0. The molecule has 94 valence electrons. The van der Waals surface area contributed by atoms with Crippen LogP contribution in [-0.2, 0) is 9.47 Å². The Morgan fingerprint density at radius 3 is 2.69 bits per heavy atom. The Labute approximate surface area is 98.3 Å². The molecule has 2 atom stereocenters. The van der Waals surface area contributed by atoms with E-state index < -0.39 is 0 Å². The molecule has 0 bridgehead atoms. The quantitative estimate of drug-likeness (QED) is 0.758. The van der Waals surface area contributed by atoms with Gasteiger partial charge in [-0.15, -0.1) is 0 Å². The summed E-state index contributed by atoms with van der Waals surface area (Å²) in [6.45, 7) is 11.4. The summed E-state index contributed by atoms with van der Waals surface area (Å²) in [6.07, 6.45) is 1.45. The van der Waals surface area contributed by atoms with E-state index in [-0.39, 0.29) is 5.54 Å². The van der Waals surface area contributed by atoms with E-state index in [9.17, 15) is 0 Å². The molecule has 2 unspecified atom stereocenters. The number of ether oxygens (including phenoxy) is 2. The predicted molar refractivity (Wildman–Crippen MR) is 63.7 cm³/mol. The molecule has 4 nitrogen and oxygen atoms in total. The average molecular weight is 228 g/mol. The van der Waals surface area contributed by atoms with Gasteiger partial charge in [-0.3, -0.25) is 4.90 Å². The van der Waals surface area contributed by atoms with E-state index in [1.165, 1.54) is 0 Å². The van der Waals surface area contributed by atoms with Gasteiger partial charge in [0.2, 0.25) is 0 Å². The van der Waals surface area contributed by atoms with E-state index in [1.807, 2.05) is 0 Å². The van der Waals surface area contributed by atoms with Gasteiger partial charge in [0.05, 0.1) is 19.3 Å². The van der Waals surface area contributed by atoms with Crippen LogP contribution in [0.25, 0.3) is 0 Å². The Kier molecular flexibility index (Phi) is 4.19. The third kappa shape index (κ3) is 2.94. The van der Waals surface area contributed by atoms with Crippen LogP contribution in [0.15, 0.2) is 0 Å². The monoisotopic (exact) mass is 228 g/mol. The standard InChI is InChI=1S/C12H24N2O2/c1-11-12(2,3-8-16-11)13-4-5-14-6-9-15-10-7-14/h11,13H,3-10H2,1-2H3. The van der Waals surface area contributed by atoms with Crippen molar-refractivity contribution in [1.29, 1.82) is 0 Å². The average Bonchev–Trinajstić information content (AvgIpc) is 2.61. The molecule has 0 aromatic rings. The van der Waals surface area contributed by atoms with Gasteiger partial charge in [-0.05, 0) is 20.3 Å². The molecule has 0 radical (unpaired) electrons. The molecule has 2 saturated heterocycles. The number of nitrogens with zero attached hydrogens (tertiary/aromatic N) is 1. The highest BCUT2D eigenvalue weighted by Crippen LogP contribution is 2.24. The maximum Gasteiger partial charge on any atom is 0.0726 e. The Bertz CT molecular complexity index is 219. The zero-order valence-electron chi connectivity index (χ0n) is 10.5. The van der Waals surface area contributed by atoms with Crippen molar-refractivity contribution < 1.29 is 9.47 Å². The largest absolute Gasteiger partial charge is 0.379 e. The van der Waals surface area contributed by atoms with E-state index in [0.717, 1.165) is 52.4 Å². The van der Waals surface area contributed by atoms with Crippen molar-refractivity contribution in [2.45, 2.75) is 31.9 Å². The molecule has 16 heavy (non-hydrogen) atoms. The summed E-state index contributed by atoms with van der Waals surface area (Å²) in [5.74, 6) is 0. The second-order valence-corrected chi connectivity index (χ2v) is 5.06. The summed E-state index contributed by atoms with van der Waals surface area (Å²) < 4.78 is 10.9. The van der Waals surface area contributed by atoms with Gasteiger partial charge in [-0.2, -0.15) is 0 Å². The number of nitrogens with one attached hydrogen (secondary N) is 1. The highest BCUT2D eigenvalue weighted by Gasteiger charge is 2.36. The molecule has 0 aromatic heterocycles.